The fourth-order valence-corrected chi connectivity index (χ4v) is 3.11. The Kier molecular flexibility index (Phi) is 8.27. The first-order valence-electron chi connectivity index (χ1n) is 6.71. The number of aromatic nitrogens is 2. The van der Waals surface area contributed by atoms with Gasteiger partial charge in [0.2, 0.25) is 5.89 Å². The van der Waals surface area contributed by atoms with Gasteiger partial charge in [-0.05, 0) is 32.4 Å². The highest BCUT2D eigenvalue weighted by molar-refractivity contribution is 14.0. The quantitative estimate of drug-likeness (QED) is 0.438. The Labute approximate surface area is 141 Å². The van der Waals surface area contributed by atoms with Crippen LogP contribution in [0.1, 0.15) is 31.5 Å². The van der Waals surface area contributed by atoms with Crippen molar-refractivity contribution < 1.29 is 4.52 Å². The van der Waals surface area contributed by atoms with Gasteiger partial charge in [-0.25, -0.2) is 4.99 Å². The van der Waals surface area contributed by atoms with Crippen LogP contribution in [0.3, 0.4) is 0 Å². The molecule has 0 radical (unpaired) electrons. The predicted molar refractivity (Wildman–Crippen MR) is 92.7 cm³/mol. The van der Waals surface area contributed by atoms with E-state index >= 15 is 0 Å². The largest absolute Gasteiger partial charge is 0.357 e. The monoisotopic (exact) mass is 411 g/mol. The minimum atomic E-state index is 0. The second-order valence-corrected chi connectivity index (χ2v) is 5.85. The highest BCUT2D eigenvalue weighted by atomic mass is 127. The van der Waals surface area contributed by atoms with Crippen LogP contribution in [0.4, 0.5) is 0 Å². The molecule has 1 aliphatic rings. The molecular formula is C12H22IN5OS. The molecule has 1 atom stereocenters. The standard InChI is InChI=1S/C12H21N5OS.HI/c1-3-13-12(14-7-10-5-4-6-19-10)15-8-11-16-9(2)17-18-11;/h10H,3-8H2,1-2H3,(H2,13,14,15);1H. The Morgan fingerprint density at radius 3 is 2.95 bits per heavy atom. The summed E-state index contributed by atoms with van der Waals surface area (Å²) in [6.07, 6.45) is 2.62. The average molecular weight is 411 g/mol. The molecule has 2 rings (SSSR count). The first-order valence-corrected chi connectivity index (χ1v) is 7.75. The smallest absolute Gasteiger partial charge is 0.248 e. The van der Waals surface area contributed by atoms with E-state index in [0.717, 1.165) is 19.0 Å². The lowest BCUT2D eigenvalue weighted by Crippen LogP contribution is -2.40. The van der Waals surface area contributed by atoms with Gasteiger partial charge < -0.3 is 15.2 Å². The minimum Gasteiger partial charge on any atom is -0.357 e. The number of aryl methyl sites for hydroxylation is 1. The maximum atomic E-state index is 5.04. The van der Waals surface area contributed by atoms with Crippen LogP contribution in [0.25, 0.3) is 0 Å². The maximum Gasteiger partial charge on any atom is 0.248 e. The summed E-state index contributed by atoms with van der Waals surface area (Å²) >= 11 is 2.03. The molecule has 20 heavy (non-hydrogen) atoms. The van der Waals surface area contributed by atoms with Crippen molar-refractivity contribution >= 4 is 41.7 Å². The van der Waals surface area contributed by atoms with Gasteiger partial charge in [-0.3, -0.25) is 0 Å². The van der Waals surface area contributed by atoms with Crippen LogP contribution in [0.15, 0.2) is 9.52 Å². The molecule has 1 saturated heterocycles. The van der Waals surface area contributed by atoms with Gasteiger partial charge in [0.1, 0.15) is 6.54 Å². The third-order valence-electron chi connectivity index (χ3n) is 2.81. The van der Waals surface area contributed by atoms with Crippen molar-refractivity contribution in [1.29, 1.82) is 0 Å². The third kappa shape index (κ3) is 5.86. The van der Waals surface area contributed by atoms with E-state index in [4.69, 9.17) is 4.52 Å². The van der Waals surface area contributed by atoms with Gasteiger partial charge in [-0.2, -0.15) is 16.7 Å². The lowest BCUT2D eigenvalue weighted by atomic mass is 10.2. The van der Waals surface area contributed by atoms with Crippen molar-refractivity contribution in [2.75, 3.05) is 18.8 Å². The molecule has 0 saturated carbocycles. The minimum absolute atomic E-state index is 0. The van der Waals surface area contributed by atoms with E-state index in [1.165, 1.54) is 18.6 Å². The first kappa shape index (κ1) is 17.5. The summed E-state index contributed by atoms with van der Waals surface area (Å²) in [5, 5.41) is 11.0. The van der Waals surface area contributed by atoms with Crippen molar-refractivity contribution in [3.63, 3.8) is 0 Å². The lowest BCUT2D eigenvalue weighted by molar-refractivity contribution is 0.376. The van der Waals surface area contributed by atoms with Gasteiger partial charge in [0, 0.05) is 18.3 Å². The fraction of sp³-hybridized carbons (Fsp3) is 0.750. The normalized spacial score (nSPS) is 18.7. The molecule has 1 aromatic rings. The zero-order valence-corrected chi connectivity index (χ0v) is 15.0. The summed E-state index contributed by atoms with van der Waals surface area (Å²) in [6, 6.07) is 0. The maximum absolute atomic E-state index is 5.04. The van der Waals surface area contributed by atoms with E-state index in [-0.39, 0.29) is 24.0 Å². The number of nitrogens with zero attached hydrogens (tertiary/aromatic N) is 3. The average Bonchev–Trinajstić information content (AvgIpc) is 3.04. The zero-order valence-electron chi connectivity index (χ0n) is 11.9. The van der Waals surface area contributed by atoms with Gasteiger partial charge in [-0.1, -0.05) is 5.16 Å². The SMILES string of the molecule is CCNC(=NCc1nc(C)no1)NCC1CCCS1.I. The number of guanidine groups is 1. The van der Waals surface area contributed by atoms with Crippen molar-refractivity contribution in [2.45, 2.75) is 38.5 Å². The first-order chi connectivity index (χ1) is 9.28. The lowest BCUT2D eigenvalue weighted by Gasteiger charge is -2.14. The molecule has 8 heteroatoms. The van der Waals surface area contributed by atoms with E-state index < -0.39 is 0 Å². The van der Waals surface area contributed by atoms with E-state index in [0.29, 0.717) is 23.5 Å². The fourth-order valence-electron chi connectivity index (χ4n) is 1.91. The van der Waals surface area contributed by atoms with Crippen molar-refractivity contribution in [1.82, 2.24) is 20.8 Å². The molecule has 0 aromatic carbocycles. The molecule has 114 valence electrons. The molecule has 0 aliphatic carbocycles. The number of aliphatic imine (C=N–C) groups is 1. The Morgan fingerprint density at radius 1 is 1.50 bits per heavy atom. The number of halogens is 1. The molecule has 1 aliphatic heterocycles. The van der Waals surface area contributed by atoms with Crippen molar-refractivity contribution in [3.8, 4) is 0 Å². The van der Waals surface area contributed by atoms with Gasteiger partial charge >= 0.3 is 0 Å². The highest BCUT2D eigenvalue weighted by Gasteiger charge is 2.15. The molecule has 1 unspecified atom stereocenters. The summed E-state index contributed by atoms with van der Waals surface area (Å²) in [7, 11) is 0. The topological polar surface area (TPSA) is 75.3 Å². The Balaban J connectivity index is 0.00000200. The number of hydrogen-bond acceptors (Lipinski definition) is 5. The van der Waals surface area contributed by atoms with E-state index in [1.807, 2.05) is 11.8 Å². The van der Waals surface area contributed by atoms with Crippen molar-refractivity contribution in [2.24, 2.45) is 4.99 Å². The molecule has 0 bridgehead atoms. The van der Waals surface area contributed by atoms with E-state index in [1.54, 1.807) is 6.92 Å². The van der Waals surface area contributed by atoms with Crippen LogP contribution in [0, 0.1) is 6.92 Å². The van der Waals surface area contributed by atoms with E-state index in [2.05, 4.69) is 32.7 Å². The molecule has 2 heterocycles. The number of rotatable bonds is 5. The van der Waals surface area contributed by atoms with Crippen LogP contribution in [0.2, 0.25) is 0 Å². The van der Waals surface area contributed by atoms with Crippen molar-refractivity contribution in [3.05, 3.63) is 11.7 Å². The molecule has 0 spiro atoms. The van der Waals surface area contributed by atoms with Crippen LogP contribution >= 0.6 is 35.7 Å². The molecule has 6 nitrogen and oxygen atoms in total. The molecule has 0 amide bonds. The van der Waals surface area contributed by atoms with E-state index in [9.17, 15) is 0 Å². The second kappa shape index (κ2) is 9.43. The Bertz CT molecular complexity index is 420. The summed E-state index contributed by atoms with van der Waals surface area (Å²) in [4.78, 5) is 8.58. The molecule has 1 fully saturated rings. The molecule has 1 aromatic heterocycles. The summed E-state index contributed by atoms with van der Waals surface area (Å²) < 4.78 is 5.04. The van der Waals surface area contributed by atoms with Gasteiger partial charge in [-0.15, -0.1) is 24.0 Å². The second-order valence-electron chi connectivity index (χ2n) is 4.45. The molecular weight excluding hydrogens is 389 g/mol. The summed E-state index contributed by atoms with van der Waals surface area (Å²) in [6.45, 7) is 6.07. The van der Waals surface area contributed by atoms with Crippen LogP contribution in [-0.4, -0.2) is 40.2 Å². The number of thioether (sulfide) groups is 1. The van der Waals surface area contributed by atoms with Gasteiger partial charge in [0.25, 0.3) is 0 Å². The predicted octanol–water partition coefficient (Wildman–Crippen LogP) is 1.95. The summed E-state index contributed by atoms with van der Waals surface area (Å²) in [5.41, 5.74) is 0. The number of hydrogen-bond donors (Lipinski definition) is 2. The highest BCUT2D eigenvalue weighted by Crippen LogP contribution is 2.25. The van der Waals surface area contributed by atoms with Gasteiger partial charge in [0.15, 0.2) is 11.8 Å². The van der Waals surface area contributed by atoms with Crippen LogP contribution < -0.4 is 10.6 Å². The van der Waals surface area contributed by atoms with Crippen LogP contribution in [-0.2, 0) is 6.54 Å². The van der Waals surface area contributed by atoms with Gasteiger partial charge in [0.05, 0.1) is 0 Å². The Morgan fingerprint density at radius 2 is 2.35 bits per heavy atom. The third-order valence-corrected chi connectivity index (χ3v) is 4.21. The summed E-state index contributed by atoms with van der Waals surface area (Å²) in [5.74, 6) is 3.28. The van der Waals surface area contributed by atoms with Crippen LogP contribution in [0.5, 0.6) is 0 Å². The Hall–Kier alpha value is -0.510. The zero-order chi connectivity index (χ0) is 13.5. The molecule has 2 N–H and O–H groups in total. The number of nitrogens with one attached hydrogen (secondary N) is 2.